The van der Waals surface area contributed by atoms with Crippen molar-refractivity contribution in [3.63, 3.8) is 0 Å². The predicted molar refractivity (Wildman–Crippen MR) is 58.2 cm³/mol. The average Bonchev–Trinajstić information content (AvgIpc) is 2.29. The molecule has 88 valence electrons. The van der Waals surface area contributed by atoms with Gasteiger partial charge in [-0.15, -0.1) is 0 Å². The van der Waals surface area contributed by atoms with Crippen molar-refractivity contribution in [2.45, 2.75) is 12.8 Å². The summed E-state index contributed by atoms with van der Waals surface area (Å²) in [6, 6.07) is 0.845. The van der Waals surface area contributed by atoms with E-state index < -0.39 is 11.6 Å². The van der Waals surface area contributed by atoms with E-state index in [4.69, 9.17) is 0 Å². The Kier molecular flexibility index (Phi) is 3.66. The number of hydrogen-bond acceptors (Lipinski definition) is 3. The number of aromatic nitrogens is 1. The summed E-state index contributed by atoms with van der Waals surface area (Å²) in [6.45, 7) is 2.70. The molecule has 1 fully saturated rings. The summed E-state index contributed by atoms with van der Waals surface area (Å²) in [7, 11) is 0. The van der Waals surface area contributed by atoms with Crippen LogP contribution in [0.3, 0.4) is 0 Å². The lowest BCUT2D eigenvalue weighted by Gasteiger charge is -2.22. The van der Waals surface area contributed by atoms with Gasteiger partial charge < -0.3 is 10.6 Å². The monoisotopic (exact) mass is 227 g/mol. The summed E-state index contributed by atoms with van der Waals surface area (Å²) in [5.74, 6) is -0.605. The number of halogens is 2. The van der Waals surface area contributed by atoms with Crippen molar-refractivity contribution in [2.24, 2.45) is 5.92 Å². The zero-order valence-electron chi connectivity index (χ0n) is 8.97. The summed E-state index contributed by atoms with van der Waals surface area (Å²) < 4.78 is 25.8. The van der Waals surface area contributed by atoms with Crippen LogP contribution in [0.5, 0.6) is 0 Å². The molecule has 0 unspecified atom stereocenters. The summed E-state index contributed by atoms with van der Waals surface area (Å²) in [4.78, 5) is 3.69. The van der Waals surface area contributed by atoms with Gasteiger partial charge in [0, 0.05) is 12.6 Å². The molecule has 1 aliphatic rings. The van der Waals surface area contributed by atoms with Crippen molar-refractivity contribution in [3.05, 3.63) is 23.9 Å². The van der Waals surface area contributed by atoms with Gasteiger partial charge in [0.1, 0.15) is 5.82 Å². The first kappa shape index (κ1) is 11.3. The van der Waals surface area contributed by atoms with Crippen molar-refractivity contribution in [3.8, 4) is 0 Å². The fourth-order valence-corrected chi connectivity index (χ4v) is 1.87. The molecule has 3 nitrogen and oxygen atoms in total. The van der Waals surface area contributed by atoms with Crippen LogP contribution >= 0.6 is 0 Å². The van der Waals surface area contributed by atoms with Crippen LogP contribution in [-0.4, -0.2) is 24.6 Å². The second kappa shape index (κ2) is 5.21. The molecule has 0 bridgehead atoms. The third-order valence-corrected chi connectivity index (χ3v) is 2.82. The maximum absolute atomic E-state index is 13.2. The lowest BCUT2D eigenvalue weighted by atomic mass is 9.98. The molecule has 0 radical (unpaired) electrons. The van der Waals surface area contributed by atoms with Crippen molar-refractivity contribution in [1.29, 1.82) is 0 Å². The highest BCUT2D eigenvalue weighted by Gasteiger charge is 2.13. The van der Waals surface area contributed by atoms with E-state index in [0.29, 0.717) is 12.5 Å². The second-order valence-electron chi connectivity index (χ2n) is 4.06. The van der Waals surface area contributed by atoms with Gasteiger partial charge in [-0.25, -0.2) is 13.8 Å². The molecule has 5 heteroatoms. The van der Waals surface area contributed by atoms with Gasteiger partial charge in [0.05, 0.1) is 6.20 Å². The molecular formula is C11H15F2N3. The van der Waals surface area contributed by atoms with Crippen LogP contribution in [0.25, 0.3) is 0 Å². The van der Waals surface area contributed by atoms with Crippen LogP contribution < -0.4 is 10.6 Å². The van der Waals surface area contributed by atoms with Gasteiger partial charge in [-0.1, -0.05) is 0 Å². The smallest absolute Gasteiger partial charge is 0.168 e. The molecule has 16 heavy (non-hydrogen) atoms. The zero-order chi connectivity index (χ0) is 11.4. The molecule has 0 aliphatic carbocycles. The highest BCUT2D eigenvalue weighted by atomic mass is 19.1. The quantitative estimate of drug-likeness (QED) is 0.826. The number of anilines is 1. The van der Waals surface area contributed by atoms with Crippen molar-refractivity contribution in [1.82, 2.24) is 10.3 Å². The lowest BCUT2D eigenvalue weighted by Crippen LogP contribution is -2.31. The Bertz CT molecular complexity index is 351. The number of piperidine rings is 1. The Morgan fingerprint density at radius 3 is 2.81 bits per heavy atom. The molecule has 2 heterocycles. The highest BCUT2D eigenvalue weighted by molar-refractivity contribution is 5.35. The van der Waals surface area contributed by atoms with Crippen LogP contribution in [0.15, 0.2) is 12.3 Å². The Morgan fingerprint density at radius 2 is 2.12 bits per heavy atom. The van der Waals surface area contributed by atoms with Gasteiger partial charge in [-0.3, -0.25) is 0 Å². The first-order chi connectivity index (χ1) is 7.75. The number of pyridine rings is 1. The van der Waals surface area contributed by atoms with E-state index in [1.54, 1.807) is 0 Å². The first-order valence-corrected chi connectivity index (χ1v) is 5.51. The van der Waals surface area contributed by atoms with Crippen LogP contribution in [0.4, 0.5) is 14.6 Å². The van der Waals surface area contributed by atoms with E-state index in [1.807, 2.05) is 0 Å². The third-order valence-electron chi connectivity index (χ3n) is 2.82. The van der Waals surface area contributed by atoms with Gasteiger partial charge in [0.25, 0.3) is 0 Å². The van der Waals surface area contributed by atoms with Gasteiger partial charge in [-0.05, 0) is 31.8 Å². The predicted octanol–water partition coefficient (Wildman–Crippen LogP) is 1.77. The molecule has 2 rings (SSSR count). The van der Waals surface area contributed by atoms with Gasteiger partial charge in [0.2, 0.25) is 0 Å². The molecule has 0 spiro atoms. The lowest BCUT2D eigenvalue weighted by molar-refractivity contribution is 0.389. The minimum atomic E-state index is -0.648. The second-order valence-corrected chi connectivity index (χ2v) is 4.06. The number of nitrogens with one attached hydrogen (secondary N) is 2. The van der Waals surface area contributed by atoms with Crippen LogP contribution in [0.2, 0.25) is 0 Å². The molecule has 1 aromatic rings. The number of hydrogen-bond donors (Lipinski definition) is 2. The normalized spacial score (nSPS) is 17.4. The van der Waals surface area contributed by atoms with E-state index >= 15 is 0 Å². The Morgan fingerprint density at radius 1 is 1.38 bits per heavy atom. The highest BCUT2D eigenvalue weighted by Crippen LogP contribution is 2.15. The maximum Gasteiger partial charge on any atom is 0.168 e. The van der Waals surface area contributed by atoms with Gasteiger partial charge >= 0.3 is 0 Å². The molecule has 1 saturated heterocycles. The Hall–Kier alpha value is -1.23. The Balaban J connectivity index is 1.88. The largest absolute Gasteiger partial charge is 0.367 e. The molecular weight excluding hydrogens is 212 g/mol. The Labute approximate surface area is 93.3 Å². The van der Waals surface area contributed by atoms with Gasteiger partial charge in [-0.2, -0.15) is 0 Å². The van der Waals surface area contributed by atoms with Crippen molar-refractivity contribution >= 4 is 5.82 Å². The summed E-state index contributed by atoms with van der Waals surface area (Å²) in [5.41, 5.74) is 0. The van der Waals surface area contributed by atoms with E-state index in [2.05, 4.69) is 15.6 Å². The average molecular weight is 227 g/mol. The molecule has 0 amide bonds. The SMILES string of the molecule is Fc1cnc(NCC2CCNCC2)c(F)c1. The summed E-state index contributed by atoms with van der Waals surface area (Å²) in [6.07, 6.45) is 3.18. The number of nitrogens with zero attached hydrogens (tertiary/aromatic N) is 1. The topological polar surface area (TPSA) is 37.0 Å². The first-order valence-electron chi connectivity index (χ1n) is 5.51. The standard InChI is InChI=1S/C11H15F2N3/c12-9-5-10(13)11(16-7-9)15-6-8-1-3-14-4-2-8/h5,7-8,14H,1-4,6H2,(H,15,16). The fourth-order valence-electron chi connectivity index (χ4n) is 1.87. The minimum Gasteiger partial charge on any atom is -0.367 e. The molecule has 0 aromatic carbocycles. The molecule has 2 N–H and O–H groups in total. The van der Waals surface area contributed by atoms with Crippen LogP contribution in [0, 0.1) is 17.6 Å². The van der Waals surface area contributed by atoms with E-state index in [1.165, 1.54) is 0 Å². The molecule has 1 aromatic heterocycles. The van der Waals surface area contributed by atoms with E-state index in [9.17, 15) is 8.78 Å². The third kappa shape index (κ3) is 2.88. The molecule has 0 saturated carbocycles. The summed E-state index contributed by atoms with van der Waals surface area (Å²) >= 11 is 0. The van der Waals surface area contributed by atoms with Crippen molar-refractivity contribution in [2.75, 3.05) is 25.0 Å². The minimum absolute atomic E-state index is 0.139. The molecule has 0 atom stereocenters. The van der Waals surface area contributed by atoms with Crippen LogP contribution in [-0.2, 0) is 0 Å². The fraction of sp³-hybridized carbons (Fsp3) is 0.545. The summed E-state index contributed by atoms with van der Waals surface area (Å²) in [5, 5.41) is 6.19. The number of rotatable bonds is 3. The van der Waals surface area contributed by atoms with Crippen molar-refractivity contribution < 1.29 is 8.78 Å². The maximum atomic E-state index is 13.2. The molecule has 1 aliphatic heterocycles. The van der Waals surface area contributed by atoms with Gasteiger partial charge in [0.15, 0.2) is 11.6 Å². The zero-order valence-corrected chi connectivity index (χ0v) is 8.97. The van der Waals surface area contributed by atoms with E-state index in [0.717, 1.165) is 38.2 Å². The van der Waals surface area contributed by atoms with Crippen LogP contribution in [0.1, 0.15) is 12.8 Å². The van der Waals surface area contributed by atoms with E-state index in [-0.39, 0.29) is 5.82 Å².